The lowest BCUT2D eigenvalue weighted by molar-refractivity contribution is 0.102. The molecule has 0 aliphatic rings. The molecule has 0 aliphatic carbocycles. The molecule has 0 fully saturated rings. The maximum Gasteiger partial charge on any atom is 0.272 e. The Morgan fingerprint density at radius 2 is 1.96 bits per heavy atom. The van der Waals surface area contributed by atoms with Crippen LogP contribution in [-0.4, -0.2) is 15.5 Å². The fraction of sp³-hybridized carbons (Fsp3) is 0.0556. The number of carbonyl (C=O) groups is 1. The second-order valence-electron chi connectivity index (χ2n) is 5.53. The first-order valence-corrected chi connectivity index (χ1v) is 7.25. The molecular formula is C18H14FN3O. The molecule has 1 amide bonds. The van der Waals surface area contributed by atoms with Crippen LogP contribution in [-0.2, 0) is 7.05 Å². The van der Waals surface area contributed by atoms with Crippen molar-refractivity contribution in [3.05, 3.63) is 66.2 Å². The molecule has 114 valence electrons. The Hall–Kier alpha value is -3.08. The molecule has 23 heavy (non-hydrogen) atoms. The Kier molecular flexibility index (Phi) is 2.94. The first kappa shape index (κ1) is 13.6. The van der Waals surface area contributed by atoms with E-state index in [-0.39, 0.29) is 11.7 Å². The quantitative estimate of drug-likeness (QED) is 0.576. The maximum absolute atomic E-state index is 13.3. The Morgan fingerprint density at radius 1 is 1.09 bits per heavy atom. The van der Waals surface area contributed by atoms with Gasteiger partial charge in [0, 0.05) is 40.7 Å². The standard InChI is InChI=1S/C18H14FN3O/c1-22-16-5-2-13(19)8-12(16)10-17(22)18(23)21-14-3-4-15-11(9-14)6-7-20-15/h2-10,20H,1H3,(H,21,23). The summed E-state index contributed by atoms with van der Waals surface area (Å²) in [6.07, 6.45) is 1.86. The molecule has 5 heteroatoms. The van der Waals surface area contributed by atoms with Crippen molar-refractivity contribution in [2.45, 2.75) is 0 Å². The Morgan fingerprint density at radius 3 is 2.83 bits per heavy atom. The number of nitrogens with zero attached hydrogens (tertiary/aromatic N) is 1. The zero-order chi connectivity index (χ0) is 16.0. The van der Waals surface area contributed by atoms with Crippen LogP contribution in [0.5, 0.6) is 0 Å². The molecular weight excluding hydrogens is 293 g/mol. The number of fused-ring (bicyclic) bond motifs is 2. The lowest BCUT2D eigenvalue weighted by atomic mass is 10.2. The van der Waals surface area contributed by atoms with E-state index in [0.29, 0.717) is 11.1 Å². The number of amides is 1. The van der Waals surface area contributed by atoms with E-state index in [9.17, 15) is 9.18 Å². The average molecular weight is 307 g/mol. The molecule has 2 N–H and O–H groups in total. The molecule has 2 heterocycles. The van der Waals surface area contributed by atoms with E-state index in [1.807, 2.05) is 30.5 Å². The highest BCUT2D eigenvalue weighted by molar-refractivity contribution is 6.07. The Labute approximate surface area is 131 Å². The van der Waals surface area contributed by atoms with Crippen molar-refractivity contribution in [2.75, 3.05) is 5.32 Å². The molecule has 0 saturated carbocycles. The number of aromatic nitrogens is 2. The normalized spacial score (nSPS) is 11.2. The molecule has 0 atom stereocenters. The second kappa shape index (κ2) is 4.98. The van der Waals surface area contributed by atoms with Crippen molar-refractivity contribution >= 4 is 33.4 Å². The molecule has 0 aliphatic heterocycles. The van der Waals surface area contributed by atoms with Crippen LogP contribution in [0.3, 0.4) is 0 Å². The fourth-order valence-corrected chi connectivity index (χ4v) is 2.86. The minimum atomic E-state index is -0.312. The number of nitrogens with one attached hydrogen (secondary N) is 2. The number of carbonyl (C=O) groups excluding carboxylic acids is 1. The van der Waals surface area contributed by atoms with Gasteiger partial charge in [0.15, 0.2) is 0 Å². The van der Waals surface area contributed by atoms with Crippen LogP contribution in [0.4, 0.5) is 10.1 Å². The SMILES string of the molecule is Cn1c(C(=O)Nc2ccc3[nH]ccc3c2)cc2cc(F)ccc21. The molecule has 0 bridgehead atoms. The van der Waals surface area contributed by atoms with Crippen LogP contribution in [0.2, 0.25) is 0 Å². The lowest BCUT2D eigenvalue weighted by Crippen LogP contribution is -2.15. The highest BCUT2D eigenvalue weighted by Gasteiger charge is 2.14. The van der Waals surface area contributed by atoms with Crippen molar-refractivity contribution in [2.24, 2.45) is 7.05 Å². The number of rotatable bonds is 2. The van der Waals surface area contributed by atoms with E-state index in [4.69, 9.17) is 0 Å². The number of hydrogen-bond donors (Lipinski definition) is 2. The van der Waals surface area contributed by atoms with Gasteiger partial charge in [0.05, 0.1) is 0 Å². The van der Waals surface area contributed by atoms with Crippen molar-refractivity contribution in [3.8, 4) is 0 Å². The summed E-state index contributed by atoms with van der Waals surface area (Å²) in [5, 5.41) is 4.63. The van der Waals surface area contributed by atoms with Crippen molar-refractivity contribution in [1.82, 2.24) is 9.55 Å². The van der Waals surface area contributed by atoms with Gasteiger partial charge >= 0.3 is 0 Å². The van der Waals surface area contributed by atoms with Gasteiger partial charge in [0.25, 0.3) is 5.91 Å². The van der Waals surface area contributed by atoms with E-state index in [1.165, 1.54) is 12.1 Å². The number of aryl methyl sites for hydroxylation is 1. The van der Waals surface area contributed by atoms with Crippen molar-refractivity contribution < 1.29 is 9.18 Å². The van der Waals surface area contributed by atoms with E-state index in [0.717, 1.165) is 22.1 Å². The van der Waals surface area contributed by atoms with Gasteiger partial charge in [-0.25, -0.2) is 4.39 Å². The highest BCUT2D eigenvalue weighted by Crippen LogP contribution is 2.22. The minimum Gasteiger partial charge on any atom is -0.361 e. The molecule has 0 unspecified atom stereocenters. The number of halogens is 1. The van der Waals surface area contributed by atoms with Gasteiger partial charge in [-0.15, -0.1) is 0 Å². The van der Waals surface area contributed by atoms with Gasteiger partial charge in [0.1, 0.15) is 11.5 Å². The van der Waals surface area contributed by atoms with Crippen LogP contribution in [0.15, 0.2) is 54.7 Å². The highest BCUT2D eigenvalue weighted by atomic mass is 19.1. The fourth-order valence-electron chi connectivity index (χ4n) is 2.86. The van der Waals surface area contributed by atoms with E-state index in [1.54, 1.807) is 23.7 Å². The maximum atomic E-state index is 13.3. The summed E-state index contributed by atoms with van der Waals surface area (Å²) in [6, 6.07) is 13.8. The summed E-state index contributed by atoms with van der Waals surface area (Å²) < 4.78 is 15.1. The second-order valence-corrected chi connectivity index (χ2v) is 5.53. The number of benzene rings is 2. The minimum absolute atomic E-state index is 0.223. The predicted octanol–water partition coefficient (Wildman–Crippen LogP) is 4.05. The molecule has 4 nitrogen and oxygen atoms in total. The van der Waals surface area contributed by atoms with E-state index < -0.39 is 0 Å². The monoisotopic (exact) mass is 307 g/mol. The number of aromatic amines is 1. The van der Waals surface area contributed by atoms with Crippen LogP contribution < -0.4 is 5.32 Å². The third-order valence-electron chi connectivity index (χ3n) is 4.05. The van der Waals surface area contributed by atoms with Gasteiger partial charge in [-0.3, -0.25) is 4.79 Å². The van der Waals surface area contributed by atoms with Crippen LogP contribution >= 0.6 is 0 Å². The zero-order valence-electron chi connectivity index (χ0n) is 12.4. The molecule has 2 aromatic carbocycles. The average Bonchev–Trinajstić information content (AvgIpc) is 3.11. The van der Waals surface area contributed by atoms with Gasteiger partial charge in [-0.05, 0) is 48.5 Å². The molecule has 2 aromatic heterocycles. The largest absolute Gasteiger partial charge is 0.361 e. The Bertz CT molecular complexity index is 1040. The molecule has 0 radical (unpaired) electrons. The van der Waals surface area contributed by atoms with E-state index in [2.05, 4.69) is 10.3 Å². The number of anilines is 1. The van der Waals surface area contributed by atoms with Crippen LogP contribution in [0, 0.1) is 5.82 Å². The summed E-state index contributed by atoms with van der Waals surface area (Å²) in [6.45, 7) is 0. The molecule has 0 saturated heterocycles. The zero-order valence-corrected chi connectivity index (χ0v) is 12.4. The predicted molar refractivity (Wildman–Crippen MR) is 89.1 cm³/mol. The molecule has 0 spiro atoms. The molecule has 4 rings (SSSR count). The van der Waals surface area contributed by atoms with E-state index >= 15 is 0 Å². The first-order chi connectivity index (χ1) is 11.1. The van der Waals surface area contributed by atoms with Gasteiger partial charge in [-0.1, -0.05) is 0 Å². The third kappa shape index (κ3) is 2.26. The summed E-state index contributed by atoms with van der Waals surface area (Å²) in [4.78, 5) is 15.6. The van der Waals surface area contributed by atoms with Crippen molar-refractivity contribution in [3.63, 3.8) is 0 Å². The summed E-state index contributed by atoms with van der Waals surface area (Å²) in [5.74, 6) is -0.535. The van der Waals surface area contributed by atoms with Gasteiger partial charge < -0.3 is 14.9 Å². The van der Waals surface area contributed by atoms with Gasteiger partial charge in [-0.2, -0.15) is 0 Å². The number of H-pyrrole nitrogens is 1. The number of hydrogen-bond acceptors (Lipinski definition) is 1. The van der Waals surface area contributed by atoms with Crippen LogP contribution in [0.25, 0.3) is 21.8 Å². The van der Waals surface area contributed by atoms with Gasteiger partial charge in [0.2, 0.25) is 0 Å². The first-order valence-electron chi connectivity index (χ1n) is 7.25. The topological polar surface area (TPSA) is 49.8 Å². The lowest BCUT2D eigenvalue weighted by Gasteiger charge is -2.07. The molecule has 4 aromatic rings. The van der Waals surface area contributed by atoms with Crippen LogP contribution in [0.1, 0.15) is 10.5 Å². The smallest absolute Gasteiger partial charge is 0.272 e. The summed E-state index contributed by atoms with van der Waals surface area (Å²) in [5.41, 5.74) is 3.04. The summed E-state index contributed by atoms with van der Waals surface area (Å²) >= 11 is 0. The Balaban J connectivity index is 1.69. The third-order valence-corrected chi connectivity index (χ3v) is 4.05. The van der Waals surface area contributed by atoms with Crippen molar-refractivity contribution in [1.29, 1.82) is 0 Å². The summed E-state index contributed by atoms with van der Waals surface area (Å²) in [7, 11) is 1.80.